The molecule has 1 aromatic heterocycles. The summed E-state index contributed by atoms with van der Waals surface area (Å²) in [6.07, 6.45) is 0. The van der Waals surface area contributed by atoms with Crippen LogP contribution in [0.1, 0.15) is 33.6 Å². The molecule has 0 radical (unpaired) electrons. The smallest absolute Gasteiger partial charge is 0.0641 e. The van der Waals surface area contributed by atoms with Gasteiger partial charge in [-0.1, -0.05) is 23.8 Å². The van der Waals surface area contributed by atoms with Gasteiger partial charge < -0.3 is 5.32 Å². The molecule has 19 heavy (non-hydrogen) atoms. The number of rotatable bonds is 4. The topological polar surface area (TPSA) is 29.9 Å². The Morgan fingerprint density at radius 1 is 1.11 bits per heavy atom. The van der Waals surface area contributed by atoms with Crippen LogP contribution in [-0.2, 0) is 20.1 Å². The molecule has 3 nitrogen and oxygen atoms in total. The second-order valence-electron chi connectivity index (χ2n) is 5.31. The predicted molar refractivity (Wildman–Crippen MR) is 79.1 cm³/mol. The first kappa shape index (κ1) is 13.8. The number of aromatic nitrogens is 2. The van der Waals surface area contributed by atoms with E-state index < -0.39 is 0 Å². The van der Waals surface area contributed by atoms with Crippen LogP contribution in [0.5, 0.6) is 0 Å². The first-order valence-electron chi connectivity index (χ1n) is 6.75. The van der Waals surface area contributed by atoms with Gasteiger partial charge >= 0.3 is 0 Å². The van der Waals surface area contributed by atoms with E-state index in [0.717, 1.165) is 18.8 Å². The van der Waals surface area contributed by atoms with Gasteiger partial charge in [-0.05, 0) is 38.8 Å². The molecule has 3 heteroatoms. The monoisotopic (exact) mass is 257 g/mol. The molecule has 1 heterocycles. The van der Waals surface area contributed by atoms with Crippen LogP contribution in [0.3, 0.4) is 0 Å². The van der Waals surface area contributed by atoms with Crippen molar-refractivity contribution in [3.8, 4) is 0 Å². The zero-order valence-electron chi connectivity index (χ0n) is 12.5. The van der Waals surface area contributed by atoms with Gasteiger partial charge in [-0.15, -0.1) is 0 Å². The summed E-state index contributed by atoms with van der Waals surface area (Å²) in [5, 5.41) is 7.96. The largest absolute Gasteiger partial charge is 0.308 e. The number of aryl methyl sites for hydroxylation is 4. The molecule has 0 saturated heterocycles. The molecule has 0 saturated carbocycles. The summed E-state index contributed by atoms with van der Waals surface area (Å²) in [5.41, 5.74) is 7.71. The zero-order chi connectivity index (χ0) is 14.0. The summed E-state index contributed by atoms with van der Waals surface area (Å²) in [6, 6.07) is 6.61. The summed E-state index contributed by atoms with van der Waals surface area (Å²) in [6.45, 7) is 10.3. The average Bonchev–Trinajstić information content (AvgIpc) is 2.58. The summed E-state index contributed by atoms with van der Waals surface area (Å²) >= 11 is 0. The van der Waals surface area contributed by atoms with E-state index in [1.54, 1.807) is 0 Å². The van der Waals surface area contributed by atoms with Crippen molar-refractivity contribution in [2.24, 2.45) is 7.05 Å². The Morgan fingerprint density at radius 3 is 2.42 bits per heavy atom. The van der Waals surface area contributed by atoms with Crippen molar-refractivity contribution < 1.29 is 0 Å². The Morgan fingerprint density at radius 2 is 1.84 bits per heavy atom. The molecule has 0 spiro atoms. The number of nitrogens with one attached hydrogen (secondary N) is 1. The Balaban J connectivity index is 2.00. The predicted octanol–water partition coefficient (Wildman–Crippen LogP) is 2.94. The highest BCUT2D eigenvalue weighted by Gasteiger charge is 2.08. The molecule has 0 unspecified atom stereocenters. The molecule has 0 fully saturated rings. The fourth-order valence-electron chi connectivity index (χ4n) is 2.44. The van der Waals surface area contributed by atoms with Gasteiger partial charge in [0, 0.05) is 31.4 Å². The van der Waals surface area contributed by atoms with E-state index in [2.05, 4.69) is 56.3 Å². The van der Waals surface area contributed by atoms with Crippen LogP contribution in [0.4, 0.5) is 0 Å². The molecule has 102 valence electrons. The molecule has 2 rings (SSSR count). The molecule has 0 aliphatic carbocycles. The van der Waals surface area contributed by atoms with Crippen LogP contribution in [0.25, 0.3) is 0 Å². The van der Waals surface area contributed by atoms with Crippen LogP contribution in [-0.4, -0.2) is 9.78 Å². The number of benzene rings is 1. The fraction of sp³-hybridized carbons (Fsp3) is 0.438. The Hall–Kier alpha value is -1.61. The van der Waals surface area contributed by atoms with E-state index in [-0.39, 0.29) is 0 Å². The van der Waals surface area contributed by atoms with E-state index >= 15 is 0 Å². The molecule has 1 aromatic carbocycles. The van der Waals surface area contributed by atoms with Crippen molar-refractivity contribution in [1.29, 1.82) is 0 Å². The summed E-state index contributed by atoms with van der Waals surface area (Å²) in [7, 11) is 2.00. The summed E-state index contributed by atoms with van der Waals surface area (Å²) in [5.74, 6) is 0. The highest BCUT2D eigenvalue weighted by Crippen LogP contribution is 2.13. The van der Waals surface area contributed by atoms with E-state index in [0.29, 0.717) is 0 Å². The van der Waals surface area contributed by atoms with Crippen LogP contribution >= 0.6 is 0 Å². The quantitative estimate of drug-likeness (QED) is 0.912. The van der Waals surface area contributed by atoms with Gasteiger partial charge in [-0.3, -0.25) is 4.68 Å². The summed E-state index contributed by atoms with van der Waals surface area (Å²) < 4.78 is 1.95. The molecule has 0 aliphatic rings. The second kappa shape index (κ2) is 5.57. The Labute approximate surface area is 115 Å². The number of hydrogen-bond donors (Lipinski definition) is 1. The summed E-state index contributed by atoms with van der Waals surface area (Å²) in [4.78, 5) is 0. The van der Waals surface area contributed by atoms with Gasteiger partial charge in [0.15, 0.2) is 0 Å². The van der Waals surface area contributed by atoms with E-state index in [9.17, 15) is 0 Å². The van der Waals surface area contributed by atoms with Gasteiger partial charge in [0.05, 0.1) is 5.69 Å². The van der Waals surface area contributed by atoms with Crippen LogP contribution in [0.15, 0.2) is 18.2 Å². The Kier molecular flexibility index (Phi) is 4.05. The lowest BCUT2D eigenvalue weighted by Crippen LogP contribution is -2.14. The highest BCUT2D eigenvalue weighted by molar-refractivity contribution is 5.30. The highest BCUT2D eigenvalue weighted by atomic mass is 15.3. The minimum Gasteiger partial charge on any atom is -0.308 e. The lowest BCUT2D eigenvalue weighted by atomic mass is 10.1. The van der Waals surface area contributed by atoms with Gasteiger partial charge in [-0.25, -0.2) is 0 Å². The Bertz CT molecular complexity index is 582. The van der Waals surface area contributed by atoms with Crippen LogP contribution < -0.4 is 5.32 Å². The molecule has 0 amide bonds. The molecule has 1 N–H and O–H groups in total. The SMILES string of the molecule is Cc1ccc(CNCc2c(C)nn(C)c2C)c(C)c1. The normalized spacial score (nSPS) is 11.0. The molecule has 0 bridgehead atoms. The van der Waals surface area contributed by atoms with E-state index in [1.807, 2.05) is 11.7 Å². The number of nitrogens with zero attached hydrogens (tertiary/aromatic N) is 2. The first-order chi connectivity index (χ1) is 8.99. The van der Waals surface area contributed by atoms with Crippen molar-refractivity contribution in [3.63, 3.8) is 0 Å². The van der Waals surface area contributed by atoms with E-state index in [1.165, 1.54) is 27.9 Å². The van der Waals surface area contributed by atoms with Crippen molar-refractivity contribution in [3.05, 3.63) is 51.8 Å². The molecular formula is C16H23N3. The number of hydrogen-bond acceptors (Lipinski definition) is 2. The fourth-order valence-corrected chi connectivity index (χ4v) is 2.44. The minimum atomic E-state index is 0.874. The lowest BCUT2D eigenvalue weighted by molar-refractivity contribution is 0.681. The zero-order valence-corrected chi connectivity index (χ0v) is 12.5. The molecule has 2 aromatic rings. The molecule has 0 aliphatic heterocycles. The average molecular weight is 257 g/mol. The van der Waals surface area contributed by atoms with Gasteiger partial charge in [0.1, 0.15) is 0 Å². The minimum absolute atomic E-state index is 0.874. The maximum absolute atomic E-state index is 4.44. The lowest BCUT2D eigenvalue weighted by Gasteiger charge is -2.09. The van der Waals surface area contributed by atoms with Crippen molar-refractivity contribution in [2.75, 3.05) is 0 Å². The maximum Gasteiger partial charge on any atom is 0.0641 e. The van der Waals surface area contributed by atoms with Gasteiger partial charge in [0.25, 0.3) is 0 Å². The third kappa shape index (κ3) is 3.04. The van der Waals surface area contributed by atoms with Crippen molar-refractivity contribution in [2.45, 2.75) is 40.8 Å². The standard InChI is InChI=1S/C16H23N3/c1-11-6-7-15(12(2)8-11)9-17-10-16-13(3)18-19(5)14(16)4/h6-8,17H,9-10H2,1-5H3. The van der Waals surface area contributed by atoms with Crippen molar-refractivity contribution in [1.82, 2.24) is 15.1 Å². The van der Waals surface area contributed by atoms with Gasteiger partial charge in [0.2, 0.25) is 0 Å². The van der Waals surface area contributed by atoms with Crippen LogP contribution in [0.2, 0.25) is 0 Å². The molecular weight excluding hydrogens is 234 g/mol. The maximum atomic E-state index is 4.44. The van der Waals surface area contributed by atoms with Crippen molar-refractivity contribution >= 4 is 0 Å². The van der Waals surface area contributed by atoms with Crippen LogP contribution in [0, 0.1) is 27.7 Å². The van der Waals surface area contributed by atoms with Gasteiger partial charge in [-0.2, -0.15) is 5.10 Å². The van der Waals surface area contributed by atoms with E-state index in [4.69, 9.17) is 0 Å². The first-order valence-corrected chi connectivity index (χ1v) is 6.75. The third-order valence-corrected chi connectivity index (χ3v) is 3.77. The second-order valence-corrected chi connectivity index (χ2v) is 5.31. The molecule has 0 atom stereocenters. The third-order valence-electron chi connectivity index (χ3n) is 3.77.